The van der Waals surface area contributed by atoms with E-state index in [1.807, 2.05) is 20.8 Å². The van der Waals surface area contributed by atoms with Crippen LogP contribution in [0, 0.1) is 0 Å². The van der Waals surface area contributed by atoms with Crippen molar-refractivity contribution in [1.82, 2.24) is 4.90 Å². The number of carbonyl (C=O) groups excluding carboxylic acids is 2. The van der Waals surface area contributed by atoms with E-state index in [2.05, 4.69) is 4.74 Å². The van der Waals surface area contributed by atoms with E-state index >= 15 is 0 Å². The van der Waals surface area contributed by atoms with Gasteiger partial charge in [0.05, 0.1) is 20.1 Å². The zero-order chi connectivity index (χ0) is 14.5. The second-order valence-corrected chi connectivity index (χ2v) is 5.51. The average Bonchev–Trinajstić information content (AvgIpc) is 2.52. The highest BCUT2D eigenvalue weighted by atomic mass is 16.6. The molecule has 6 nitrogen and oxygen atoms in total. The van der Waals surface area contributed by atoms with E-state index in [-0.39, 0.29) is 18.4 Å². The van der Waals surface area contributed by atoms with Gasteiger partial charge in [-0.25, -0.2) is 4.79 Å². The third kappa shape index (κ3) is 5.46. The van der Waals surface area contributed by atoms with Crippen LogP contribution in [0.5, 0.6) is 0 Å². The Balaban J connectivity index is 2.72. The van der Waals surface area contributed by atoms with Crippen LogP contribution in [0.25, 0.3) is 0 Å². The molecule has 1 unspecified atom stereocenters. The monoisotopic (exact) mass is 273 g/mol. The van der Waals surface area contributed by atoms with E-state index in [1.165, 1.54) is 7.11 Å². The van der Waals surface area contributed by atoms with Crippen LogP contribution in [-0.2, 0) is 19.0 Å². The van der Waals surface area contributed by atoms with Gasteiger partial charge in [0, 0.05) is 19.2 Å². The van der Waals surface area contributed by atoms with Gasteiger partial charge in [-0.3, -0.25) is 4.79 Å². The number of hydrogen-bond acceptors (Lipinski definition) is 5. The molecule has 0 radical (unpaired) electrons. The zero-order valence-corrected chi connectivity index (χ0v) is 12.1. The number of esters is 1. The minimum absolute atomic E-state index is 0.166. The van der Waals surface area contributed by atoms with Gasteiger partial charge in [-0.05, 0) is 27.2 Å². The Bertz CT molecular complexity index is 323. The molecule has 0 aromatic carbocycles. The first-order chi connectivity index (χ1) is 8.83. The SMILES string of the molecule is COC(=O)CC1CCOCCN1C(=O)OC(C)(C)C. The third-order valence-electron chi connectivity index (χ3n) is 2.77. The molecule has 0 aromatic rings. The number of hydrogen-bond donors (Lipinski definition) is 0. The van der Waals surface area contributed by atoms with Crippen LogP contribution < -0.4 is 0 Å². The smallest absolute Gasteiger partial charge is 0.410 e. The van der Waals surface area contributed by atoms with E-state index in [1.54, 1.807) is 4.90 Å². The van der Waals surface area contributed by atoms with E-state index < -0.39 is 11.7 Å². The van der Waals surface area contributed by atoms with E-state index in [0.717, 1.165) is 0 Å². The Labute approximate surface area is 114 Å². The number of ether oxygens (including phenoxy) is 3. The molecule has 1 saturated heterocycles. The van der Waals surface area contributed by atoms with Gasteiger partial charge in [-0.15, -0.1) is 0 Å². The van der Waals surface area contributed by atoms with Crippen molar-refractivity contribution in [2.75, 3.05) is 26.9 Å². The van der Waals surface area contributed by atoms with Crippen LogP contribution in [0.4, 0.5) is 4.79 Å². The van der Waals surface area contributed by atoms with Crippen molar-refractivity contribution >= 4 is 12.1 Å². The van der Waals surface area contributed by atoms with Crippen LogP contribution >= 0.6 is 0 Å². The number of methoxy groups -OCH3 is 1. The zero-order valence-electron chi connectivity index (χ0n) is 12.1. The molecule has 6 heteroatoms. The lowest BCUT2D eigenvalue weighted by Crippen LogP contribution is -2.44. The summed E-state index contributed by atoms with van der Waals surface area (Å²) in [6, 6.07) is -0.232. The first-order valence-corrected chi connectivity index (χ1v) is 6.47. The standard InChI is InChI=1S/C13H23NO5/c1-13(2,3)19-12(16)14-6-8-18-7-5-10(14)9-11(15)17-4/h10H,5-9H2,1-4H3. The molecular weight excluding hydrogens is 250 g/mol. The van der Waals surface area contributed by atoms with Gasteiger partial charge < -0.3 is 19.1 Å². The highest BCUT2D eigenvalue weighted by molar-refractivity contribution is 5.73. The largest absolute Gasteiger partial charge is 0.469 e. The van der Waals surface area contributed by atoms with Gasteiger partial charge in [-0.2, -0.15) is 0 Å². The first-order valence-electron chi connectivity index (χ1n) is 6.47. The number of amides is 1. The molecule has 1 rings (SSSR count). The molecule has 1 atom stereocenters. The van der Waals surface area contributed by atoms with Gasteiger partial charge in [0.15, 0.2) is 0 Å². The van der Waals surface area contributed by atoms with Crippen molar-refractivity contribution in [3.05, 3.63) is 0 Å². The fraction of sp³-hybridized carbons (Fsp3) is 0.846. The van der Waals surface area contributed by atoms with E-state index in [0.29, 0.717) is 26.2 Å². The first kappa shape index (κ1) is 15.8. The summed E-state index contributed by atoms with van der Waals surface area (Å²) in [7, 11) is 1.34. The Hall–Kier alpha value is -1.30. The number of carbonyl (C=O) groups is 2. The van der Waals surface area contributed by atoms with Gasteiger partial charge in [0.2, 0.25) is 0 Å². The van der Waals surface area contributed by atoms with Crippen molar-refractivity contribution in [3.63, 3.8) is 0 Å². The summed E-state index contributed by atoms with van der Waals surface area (Å²) >= 11 is 0. The Kier molecular flexibility index (Phi) is 5.60. The third-order valence-corrected chi connectivity index (χ3v) is 2.77. The minimum Gasteiger partial charge on any atom is -0.469 e. The summed E-state index contributed by atoms with van der Waals surface area (Å²) in [6.45, 7) is 6.85. The molecule has 1 aliphatic heterocycles. The normalized spacial score (nSPS) is 20.6. The molecule has 0 bridgehead atoms. The summed E-state index contributed by atoms with van der Waals surface area (Å²) in [5, 5.41) is 0. The Morgan fingerprint density at radius 2 is 2.00 bits per heavy atom. The van der Waals surface area contributed by atoms with E-state index in [9.17, 15) is 9.59 Å². The number of rotatable bonds is 2. The molecule has 0 saturated carbocycles. The highest BCUT2D eigenvalue weighted by Crippen LogP contribution is 2.18. The van der Waals surface area contributed by atoms with Gasteiger partial charge in [0.1, 0.15) is 5.60 Å². The van der Waals surface area contributed by atoms with Crippen LogP contribution in [0.1, 0.15) is 33.6 Å². The molecule has 0 N–H and O–H groups in total. The van der Waals surface area contributed by atoms with Crippen LogP contribution in [-0.4, -0.2) is 55.5 Å². The van der Waals surface area contributed by atoms with E-state index in [4.69, 9.17) is 9.47 Å². The summed E-state index contributed by atoms with van der Waals surface area (Å²) in [6.07, 6.45) is 0.361. The lowest BCUT2D eigenvalue weighted by molar-refractivity contribution is -0.141. The average molecular weight is 273 g/mol. The van der Waals surface area contributed by atoms with Crippen molar-refractivity contribution < 1.29 is 23.8 Å². The second kappa shape index (κ2) is 6.75. The molecular formula is C13H23NO5. The van der Waals surface area contributed by atoms with Crippen LogP contribution in [0.15, 0.2) is 0 Å². The molecule has 1 fully saturated rings. The maximum absolute atomic E-state index is 12.1. The maximum atomic E-state index is 12.1. The minimum atomic E-state index is -0.555. The molecule has 1 amide bonds. The molecule has 1 heterocycles. The number of nitrogens with zero attached hydrogens (tertiary/aromatic N) is 1. The lowest BCUT2D eigenvalue weighted by atomic mass is 10.1. The van der Waals surface area contributed by atoms with Gasteiger partial charge in [-0.1, -0.05) is 0 Å². The van der Waals surface area contributed by atoms with Crippen molar-refractivity contribution in [2.24, 2.45) is 0 Å². The van der Waals surface area contributed by atoms with Gasteiger partial charge in [0.25, 0.3) is 0 Å². The fourth-order valence-corrected chi connectivity index (χ4v) is 1.87. The predicted octanol–water partition coefficient (Wildman–Crippen LogP) is 1.58. The molecule has 1 aliphatic rings. The summed E-state index contributed by atoms with van der Waals surface area (Å²) < 4.78 is 15.4. The van der Waals surface area contributed by atoms with Gasteiger partial charge >= 0.3 is 12.1 Å². The topological polar surface area (TPSA) is 65.1 Å². The highest BCUT2D eigenvalue weighted by Gasteiger charge is 2.31. The van der Waals surface area contributed by atoms with Crippen molar-refractivity contribution in [3.8, 4) is 0 Å². The molecule has 110 valence electrons. The molecule has 0 aliphatic carbocycles. The summed E-state index contributed by atoms with van der Waals surface area (Å²) in [5.41, 5.74) is -0.555. The maximum Gasteiger partial charge on any atom is 0.410 e. The molecule has 0 spiro atoms. The predicted molar refractivity (Wildman–Crippen MR) is 68.8 cm³/mol. The Morgan fingerprint density at radius 1 is 1.32 bits per heavy atom. The molecule has 0 aromatic heterocycles. The van der Waals surface area contributed by atoms with Crippen molar-refractivity contribution in [2.45, 2.75) is 45.3 Å². The Morgan fingerprint density at radius 3 is 2.58 bits per heavy atom. The molecule has 19 heavy (non-hydrogen) atoms. The lowest BCUT2D eigenvalue weighted by Gasteiger charge is -2.31. The van der Waals surface area contributed by atoms with Crippen LogP contribution in [0.3, 0.4) is 0 Å². The summed E-state index contributed by atoms with van der Waals surface area (Å²) in [4.78, 5) is 25.1. The quantitative estimate of drug-likeness (QED) is 0.715. The van der Waals surface area contributed by atoms with Crippen LogP contribution in [0.2, 0.25) is 0 Å². The second-order valence-electron chi connectivity index (χ2n) is 5.51. The fourth-order valence-electron chi connectivity index (χ4n) is 1.87. The van der Waals surface area contributed by atoms with Crippen molar-refractivity contribution in [1.29, 1.82) is 0 Å². The summed E-state index contributed by atoms with van der Waals surface area (Å²) in [5.74, 6) is -0.333.